The van der Waals surface area contributed by atoms with Gasteiger partial charge in [0.05, 0.1) is 0 Å². The van der Waals surface area contributed by atoms with Crippen molar-refractivity contribution < 1.29 is 27.3 Å². The average Bonchev–Trinajstić information content (AvgIpc) is 3.48. The maximum Gasteiger partial charge on any atom is 2.00 e. The van der Waals surface area contributed by atoms with Crippen LogP contribution >= 0.6 is 0 Å². The van der Waals surface area contributed by atoms with Gasteiger partial charge in [-0.25, -0.2) is 0 Å². The van der Waals surface area contributed by atoms with Crippen LogP contribution in [-0.4, -0.2) is 0 Å². The Bertz CT molecular complexity index is 1050. The smallest absolute Gasteiger partial charge is 0.875 e. The summed E-state index contributed by atoms with van der Waals surface area (Å²) in [7, 11) is 0. The van der Waals surface area contributed by atoms with Crippen molar-refractivity contribution in [1.82, 2.24) is 0 Å². The number of hydrogen-bond donors (Lipinski definition) is 0. The van der Waals surface area contributed by atoms with Gasteiger partial charge in [0.15, 0.2) is 0 Å². The Morgan fingerprint density at radius 1 is 0.667 bits per heavy atom. The van der Waals surface area contributed by atoms with E-state index in [1.54, 1.807) is 12.2 Å². The van der Waals surface area contributed by atoms with Crippen molar-refractivity contribution >= 4 is 0 Å². The van der Waals surface area contributed by atoms with Crippen molar-refractivity contribution in [2.75, 3.05) is 0 Å². The second-order valence-electron chi connectivity index (χ2n) is 6.38. The maximum absolute atomic E-state index is 11.7. The predicted molar refractivity (Wildman–Crippen MR) is 114 cm³/mol. The van der Waals surface area contributed by atoms with E-state index in [1.165, 1.54) is 0 Å². The van der Waals surface area contributed by atoms with Crippen LogP contribution in [0.1, 0.15) is 11.1 Å². The van der Waals surface area contributed by atoms with Crippen LogP contribution in [0.25, 0.3) is 0 Å². The third kappa shape index (κ3) is 7.18. The van der Waals surface area contributed by atoms with E-state index in [0.29, 0.717) is 12.0 Å². The van der Waals surface area contributed by atoms with Crippen LogP contribution in [0, 0.1) is 11.8 Å². The van der Waals surface area contributed by atoms with E-state index in [2.05, 4.69) is 11.8 Å². The van der Waals surface area contributed by atoms with Crippen LogP contribution in [-0.2, 0) is 23.5 Å². The molecule has 30 heavy (non-hydrogen) atoms. The van der Waals surface area contributed by atoms with Crippen LogP contribution in [0.3, 0.4) is 0 Å². The van der Waals surface area contributed by atoms with Crippen LogP contribution in [0.15, 0.2) is 132 Å². The summed E-state index contributed by atoms with van der Waals surface area (Å²) in [5.41, 5.74) is 3.38. The molecule has 0 aromatic heterocycles. The zero-order chi connectivity index (χ0) is 20.3. The van der Waals surface area contributed by atoms with Crippen molar-refractivity contribution in [2.45, 2.75) is 6.42 Å². The van der Waals surface area contributed by atoms with Crippen LogP contribution in [0.4, 0.5) is 0 Å². The average molecular weight is 432 g/mol. The van der Waals surface area contributed by atoms with E-state index in [0.717, 1.165) is 16.7 Å². The summed E-state index contributed by atoms with van der Waals surface area (Å²) in [6.07, 6.45) is 15.2. The Morgan fingerprint density at radius 2 is 1.17 bits per heavy atom. The first kappa shape index (κ1) is 22.8. The number of hydrogen-bond acceptors (Lipinski definition) is 2. The normalized spacial score (nSPS) is 12.5. The molecule has 0 fully saturated rings. The van der Waals surface area contributed by atoms with Crippen molar-refractivity contribution in [3.05, 3.63) is 143 Å². The first-order valence-electron chi connectivity index (χ1n) is 9.34. The summed E-state index contributed by atoms with van der Waals surface area (Å²) in [5, 5.41) is 23.2. The molecule has 2 aromatic rings. The molecule has 2 aromatic carbocycles. The van der Waals surface area contributed by atoms with Gasteiger partial charge in [-0.1, -0.05) is 109 Å². The molecule has 0 heterocycles. The third-order valence-electron chi connectivity index (χ3n) is 4.21. The van der Waals surface area contributed by atoms with E-state index in [-0.39, 0.29) is 28.6 Å². The predicted octanol–water partition coefficient (Wildman–Crippen LogP) is 3.75. The van der Waals surface area contributed by atoms with Crippen molar-refractivity contribution in [2.24, 2.45) is 0 Å². The molecule has 148 valence electrons. The zero-order valence-electron chi connectivity index (χ0n) is 16.3. The molecule has 0 atom stereocenters. The third-order valence-corrected chi connectivity index (χ3v) is 4.21. The van der Waals surface area contributed by atoms with E-state index in [9.17, 15) is 10.2 Å². The minimum absolute atomic E-state index is 0. The van der Waals surface area contributed by atoms with Crippen LogP contribution in [0.5, 0.6) is 0 Å². The van der Waals surface area contributed by atoms with Gasteiger partial charge in [0.25, 0.3) is 0 Å². The Kier molecular flexibility index (Phi) is 9.28. The number of benzene rings is 2. The summed E-state index contributed by atoms with van der Waals surface area (Å²) in [6, 6.07) is 19.3. The Balaban J connectivity index is 0.000000207. The molecule has 3 heteroatoms. The summed E-state index contributed by atoms with van der Waals surface area (Å²) in [5.74, 6) is 5.49. The number of rotatable bonds is 2. The summed E-state index contributed by atoms with van der Waals surface area (Å²) < 4.78 is 0. The molecular weight excluding hydrogens is 412 g/mol. The summed E-state index contributed by atoms with van der Waals surface area (Å²) in [6.45, 7) is 0. The molecule has 0 spiro atoms. The molecule has 0 bridgehead atoms. The molecule has 0 saturated heterocycles. The monoisotopic (exact) mass is 432 g/mol. The van der Waals surface area contributed by atoms with E-state index in [4.69, 9.17) is 0 Å². The Labute approximate surface area is 188 Å². The second-order valence-corrected chi connectivity index (χ2v) is 6.38. The molecular formula is C27H20FeO2. The van der Waals surface area contributed by atoms with Gasteiger partial charge >= 0.3 is 17.1 Å². The molecule has 0 N–H and O–H groups in total. The van der Waals surface area contributed by atoms with Gasteiger partial charge in [-0.15, -0.1) is 5.76 Å². The first-order valence-corrected chi connectivity index (χ1v) is 9.34. The van der Waals surface area contributed by atoms with E-state index in [1.807, 2.05) is 97.1 Å². The maximum atomic E-state index is 11.7. The standard InChI is InChI=1S/C14H10O.C13H12O.Fe/c15-14(13-8-4-5-9-13)11-10-12-6-2-1-3-7-12;14-13(12-8-4-5-9-12)10-11-6-2-1-3-7-11;/h1-9,15H;1-9,14H,10H2;/q;;+2/p-2. The summed E-state index contributed by atoms with van der Waals surface area (Å²) in [4.78, 5) is 0. The minimum Gasteiger partial charge on any atom is -0.875 e. The van der Waals surface area contributed by atoms with Gasteiger partial charge in [0, 0.05) is 5.56 Å². The van der Waals surface area contributed by atoms with Crippen LogP contribution in [0.2, 0.25) is 0 Å². The Hall–Kier alpha value is -3.44. The summed E-state index contributed by atoms with van der Waals surface area (Å²) >= 11 is 0. The van der Waals surface area contributed by atoms with Crippen molar-refractivity contribution in [3.63, 3.8) is 0 Å². The Morgan fingerprint density at radius 3 is 1.73 bits per heavy atom. The second kappa shape index (κ2) is 12.2. The topological polar surface area (TPSA) is 46.1 Å². The van der Waals surface area contributed by atoms with E-state index >= 15 is 0 Å². The molecule has 0 saturated carbocycles. The van der Waals surface area contributed by atoms with Crippen molar-refractivity contribution in [3.8, 4) is 11.8 Å². The van der Waals surface area contributed by atoms with Gasteiger partial charge in [-0.2, -0.15) is 0 Å². The van der Waals surface area contributed by atoms with Crippen LogP contribution < -0.4 is 10.2 Å². The quantitative estimate of drug-likeness (QED) is 0.413. The van der Waals surface area contributed by atoms with Gasteiger partial charge < -0.3 is 10.2 Å². The largest absolute Gasteiger partial charge is 2.00 e. The molecule has 4 rings (SSSR count). The van der Waals surface area contributed by atoms with Crippen molar-refractivity contribution in [1.29, 1.82) is 0 Å². The number of allylic oxidation sites excluding steroid dienone is 12. The minimum atomic E-state index is -0.135. The fourth-order valence-electron chi connectivity index (χ4n) is 2.69. The molecule has 2 nitrogen and oxygen atoms in total. The van der Waals surface area contributed by atoms with Gasteiger partial charge in [-0.05, 0) is 41.0 Å². The molecule has 0 radical (unpaired) electrons. The molecule has 2 aliphatic carbocycles. The van der Waals surface area contributed by atoms with E-state index < -0.39 is 0 Å². The van der Waals surface area contributed by atoms with Gasteiger partial charge in [0.1, 0.15) is 0 Å². The zero-order valence-corrected chi connectivity index (χ0v) is 17.4. The first-order chi connectivity index (χ1) is 14.2. The fourth-order valence-corrected chi connectivity index (χ4v) is 2.69. The SMILES string of the molecule is [Fe+2].[O-]C(C#Cc1ccccc1)=C1C=CC=C1.[O-]C(Cc1ccccc1)=C1C=CC=C1. The molecule has 2 aliphatic rings. The molecule has 0 amide bonds. The fraction of sp³-hybridized carbons (Fsp3) is 0.0370. The van der Waals surface area contributed by atoms with Gasteiger partial charge in [-0.3, -0.25) is 0 Å². The molecule has 0 unspecified atom stereocenters. The van der Waals surface area contributed by atoms with Gasteiger partial charge in [0.2, 0.25) is 0 Å². The molecule has 0 aliphatic heterocycles.